The maximum absolute atomic E-state index is 9.32. The minimum absolute atomic E-state index is 0.0150. The van der Waals surface area contributed by atoms with E-state index in [1.807, 2.05) is 0 Å². The minimum Gasteiger partial charge on any atom is -0.396 e. The molecule has 2 rings (SSSR count). The first-order valence-corrected chi connectivity index (χ1v) is 9.31. The van der Waals surface area contributed by atoms with Gasteiger partial charge in [-0.2, -0.15) is 0 Å². The molecule has 7 heteroatoms. The molecule has 24 heavy (non-hydrogen) atoms. The van der Waals surface area contributed by atoms with Gasteiger partial charge in [0, 0.05) is 43.6 Å². The Morgan fingerprint density at radius 2 is 2.33 bits per heavy atom. The first-order valence-electron chi connectivity index (χ1n) is 8.43. The summed E-state index contributed by atoms with van der Waals surface area (Å²) in [5, 5.41) is 18.3. The zero-order valence-corrected chi connectivity index (χ0v) is 15.7. The molecule has 136 valence electrons. The van der Waals surface area contributed by atoms with Crippen LogP contribution >= 0.6 is 11.3 Å². The third-order valence-electron chi connectivity index (χ3n) is 4.64. The zero-order valence-electron chi connectivity index (χ0n) is 14.9. The van der Waals surface area contributed by atoms with Gasteiger partial charge in [-0.25, -0.2) is 0 Å². The second-order valence-electron chi connectivity index (χ2n) is 6.58. The average Bonchev–Trinajstić information content (AvgIpc) is 3.23. The van der Waals surface area contributed by atoms with Crippen LogP contribution in [0.15, 0.2) is 22.5 Å². The van der Waals surface area contributed by atoms with Crippen molar-refractivity contribution in [3.05, 3.63) is 22.4 Å². The van der Waals surface area contributed by atoms with Crippen molar-refractivity contribution in [2.45, 2.75) is 18.9 Å². The molecule has 0 aromatic carbocycles. The normalized spacial score (nSPS) is 22.8. The average molecular weight is 355 g/mol. The summed E-state index contributed by atoms with van der Waals surface area (Å²) < 4.78 is 5.54. The molecule has 0 bridgehead atoms. The molecule has 2 unspecified atom stereocenters. The number of aliphatic imine (C=N–C) groups is 1. The number of guanidine groups is 1. The van der Waals surface area contributed by atoms with Gasteiger partial charge in [0.05, 0.1) is 12.6 Å². The van der Waals surface area contributed by atoms with Gasteiger partial charge in [0.1, 0.15) is 0 Å². The molecule has 1 aliphatic heterocycles. The predicted molar refractivity (Wildman–Crippen MR) is 99.7 cm³/mol. The van der Waals surface area contributed by atoms with E-state index < -0.39 is 0 Å². The van der Waals surface area contributed by atoms with Crippen LogP contribution in [0.4, 0.5) is 0 Å². The largest absolute Gasteiger partial charge is 0.396 e. The number of aliphatic hydroxyl groups excluding tert-OH is 1. The molecule has 1 fully saturated rings. The minimum atomic E-state index is 0.0150. The molecule has 1 saturated heterocycles. The van der Waals surface area contributed by atoms with Gasteiger partial charge in [0.2, 0.25) is 0 Å². The van der Waals surface area contributed by atoms with Gasteiger partial charge in [-0.3, -0.25) is 4.99 Å². The number of thiophene rings is 1. The lowest BCUT2D eigenvalue weighted by atomic mass is 9.84. The van der Waals surface area contributed by atoms with Crippen molar-refractivity contribution >= 4 is 17.3 Å². The summed E-state index contributed by atoms with van der Waals surface area (Å²) in [5.41, 5.74) is 0.0150. The third kappa shape index (κ3) is 5.17. The summed E-state index contributed by atoms with van der Waals surface area (Å²) in [6.45, 7) is 3.22. The lowest BCUT2D eigenvalue weighted by Crippen LogP contribution is -2.46. The topological polar surface area (TPSA) is 69.1 Å². The number of nitrogens with zero attached hydrogens (tertiary/aromatic N) is 2. The van der Waals surface area contributed by atoms with Gasteiger partial charge in [-0.05, 0) is 38.4 Å². The number of aliphatic hydroxyl groups is 1. The van der Waals surface area contributed by atoms with Gasteiger partial charge in [-0.1, -0.05) is 6.07 Å². The van der Waals surface area contributed by atoms with Crippen molar-refractivity contribution in [2.75, 3.05) is 54.1 Å². The number of rotatable bonds is 8. The Bertz CT molecular complexity index is 499. The maximum Gasteiger partial charge on any atom is 0.191 e. The molecule has 0 radical (unpaired) electrons. The highest BCUT2D eigenvalue weighted by Gasteiger charge is 2.34. The molecular weight excluding hydrogens is 324 g/mol. The van der Waals surface area contributed by atoms with Crippen LogP contribution in [0.1, 0.15) is 23.8 Å². The first-order chi connectivity index (χ1) is 11.6. The summed E-state index contributed by atoms with van der Waals surface area (Å²) in [7, 11) is 5.97. The van der Waals surface area contributed by atoms with E-state index in [0.29, 0.717) is 12.6 Å². The van der Waals surface area contributed by atoms with Crippen molar-refractivity contribution < 1.29 is 9.84 Å². The summed E-state index contributed by atoms with van der Waals surface area (Å²) in [6.07, 6.45) is 1.74. The third-order valence-corrected chi connectivity index (χ3v) is 5.61. The molecule has 1 aromatic heterocycles. The molecule has 3 N–H and O–H groups in total. The van der Waals surface area contributed by atoms with Gasteiger partial charge in [0.25, 0.3) is 0 Å². The van der Waals surface area contributed by atoms with Crippen molar-refractivity contribution in [1.82, 2.24) is 15.5 Å². The fraction of sp³-hybridized carbons (Fsp3) is 0.706. The van der Waals surface area contributed by atoms with Crippen LogP contribution < -0.4 is 10.6 Å². The monoisotopic (exact) mass is 354 g/mol. The van der Waals surface area contributed by atoms with Crippen LogP contribution in [-0.4, -0.2) is 70.0 Å². The molecule has 2 heterocycles. The van der Waals surface area contributed by atoms with Crippen LogP contribution in [-0.2, 0) is 4.74 Å². The van der Waals surface area contributed by atoms with E-state index in [2.05, 4.69) is 52.1 Å². The summed E-state index contributed by atoms with van der Waals surface area (Å²) in [5.74, 6) is 0.794. The molecule has 2 atom stereocenters. The number of hydrogen-bond acceptors (Lipinski definition) is 5. The highest BCUT2D eigenvalue weighted by atomic mass is 32.1. The standard InChI is InChI=1S/C17H30N4O2S/c1-18-16(20-12-17(6-8-22)7-9-23-13-17)19-11-14(21(2)3)15-5-4-10-24-15/h4-5,10,14,22H,6-9,11-13H2,1-3H3,(H2,18,19,20). The zero-order chi connectivity index (χ0) is 17.4. The Hall–Kier alpha value is -1.15. The molecule has 1 aliphatic rings. The van der Waals surface area contributed by atoms with E-state index in [4.69, 9.17) is 4.74 Å². The van der Waals surface area contributed by atoms with Gasteiger partial charge >= 0.3 is 0 Å². The lowest BCUT2D eigenvalue weighted by molar-refractivity contribution is 0.127. The molecule has 0 amide bonds. The van der Waals surface area contributed by atoms with E-state index in [0.717, 1.165) is 38.5 Å². The number of hydrogen-bond donors (Lipinski definition) is 3. The summed E-state index contributed by atoms with van der Waals surface area (Å²) in [4.78, 5) is 7.88. The lowest BCUT2D eigenvalue weighted by Gasteiger charge is -2.29. The van der Waals surface area contributed by atoms with E-state index in [1.54, 1.807) is 18.4 Å². The fourth-order valence-electron chi connectivity index (χ4n) is 3.02. The van der Waals surface area contributed by atoms with E-state index >= 15 is 0 Å². The van der Waals surface area contributed by atoms with E-state index in [-0.39, 0.29) is 12.0 Å². The Labute approximate surface area is 148 Å². The number of likely N-dealkylation sites (N-methyl/N-ethyl adjacent to an activating group) is 1. The predicted octanol–water partition coefficient (Wildman–Crippen LogP) is 1.30. The van der Waals surface area contributed by atoms with Crippen LogP contribution in [0.5, 0.6) is 0 Å². The van der Waals surface area contributed by atoms with Crippen molar-refractivity contribution in [3.8, 4) is 0 Å². The highest BCUT2D eigenvalue weighted by molar-refractivity contribution is 7.10. The Morgan fingerprint density at radius 3 is 2.88 bits per heavy atom. The molecule has 6 nitrogen and oxygen atoms in total. The SMILES string of the molecule is CN=C(NCC(c1cccs1)N(C)C)NCC1(CCO)CCOC1. The highest BCUT2D eigenvalue weighted by Crippen LogP contribution is 2.31. The van der Waals surface area contributed by atoms with Crippen molar-refractivity contribution in [3.63, 3.8) is 0 Å². The van der Waals surface area contributed by atoms with E-state index in [1.165, 1.54) is 4.88 Å². The van der Waals surface area contributed by atoms with Gasteiger partial charge in [-0.15, -0.1) is 11.3 Å². The Balaban J connectivity index is 1.87. The van der Waals surface area contributed by atoms with Crippen LogP contribution in [0.3, 0.4) is 0 Å². The second-order valence-corrected chi connectivity index (χ2v) is 7.56. The van der Waals surface area contributed by atoms with Gasteiger partial charge < -0.3 is 25.4 Å². The fourth-order valence-corrected chi connectivity index (χ4v) is 3.94. The Morgan fingerprint density at radius 1 is 1.50 bits per heavy atom. The Kier molecular flexibility index (Phi) is 7.48. The van der Waals surface area contributed by atoms with Crippen LogP contribution in [0.2, 0.25) is 0 Å². The molecule has 1 aromatic rings. The quantitative estimate of drug-likeness (QED) is 0.485. The summed E-state index contributed by atoms with van der Waals surface area (Å²) in [6, 6.07) is 4.56. The van der Waals surface area contributed by atoms with E-state index in [9.17, 15) is 5.11 Å². The second kappa shape index (κ2) is 9.36. The van der Waals surface area contributed by atoms with Crippen LogP contribution in [0, 0.1) is 5.41 Å². The van der Waals surface area contributed by atoms with Crippen molar-refractivity contribution in [2.24, 2.45) is 10.4 Å². The maximum atomic E-state index is 9.32. The molecule has 0 saturated carbocycles. The molecular formula is C17H30N4O2S. The number of ether oxygens (including phenoxy) is 1. The summed E-state index contributed by atoms with van der Waals surface area (Å²) >= 11 is 1.77. The molecule has 0 aliphatic carbocycles. The smallest absolute Gasteiger partial charge is 0.191 e. The number of nitrogens with one attached hydrogen (secondary N) is 2. The molecule has 0 spiro atoms. The van der Waals surface area contributed by atoms with Gasteiger partial charge in [0.15, 0.2) is 5.96 Å². The van der Waals surface area contributed by atoms with Crippen molar-refractivity contribution in [1.29, 1.82) is 0 Å². The first kappa shape index (κ1) is 19.2. The van der Waals surface area contributed by atoms with Crippen LogP contribution in [0.25, 0.3) is 0 Å².